The molecule has 1 saturated heterocycles. The highest BCUT2D eigenvalue weighted by molar-refractivity contribution is 5.95. The van der Waals surface area contributed by atoms with Crippen LogP contribution in [-0.4, -0.2) is 112 Å². The number of carboxylic acids is 1. The number of piperidine rings is 1. The smallest absolute Gasteiger partial charge is 0.410 e. The summed E-state index contributed by atoms with van der Waals surface area (Å²) in [5.74, 6) is -4.29. The largest absolute Gasteiger partial charge is 0.480 e. The van der Waals surface area contributed by atoms with Gasteiger partial charge in [0.1, 0.15) is 16.7 Å². The maximum absolute atomic E-state index is 14.5. The first-order valence-electron chi connectivity index (χ1n) is 23.6. The van der Waals surface area contributed by atoms with E-state index in [1.54, 1.807) is 46.4 Å². The summed E-state index contributed by atoms with van der Waals surface area (Å²) in [4.78, 5) is 98.0. The van der Waals surface area contributed by atoms with Gasteiger partial charge in [-0.2, -0.15) is 0 Å². The number of carbonyl (C=O) groups is 7. The lowest BCUT2D eigenvalue weighted by Gasteiger charge is -2.38. The van der Waals surface area contributed by atoms with Crippen molar-refractivity contribution in [1.82, 2.24) is 20.4 Å². The number of unbranched alkanes of at least 4 members (excludes halogenated alkanes) is 1. The van der Waals surface area contributed by atoms with Gasteiger partial charge < -0.3 is 35.8 Å². The highest BCUT2D eigenvalue weighted by atomic mass is 16.6. The van der Waals surface area contributed by atoms with Crippen LogP contribution in [0.3, 0.4) is 0 Å². The predicted octanol–water partition coefficient (Wildman–Crippen LogP) is 6.98. The van der Waals surface area contributed by atoms with Gasteiger partial charge >= 0.3 is 18.2 Å². The van der Waals surface area contributed by atoms with Gasteiger partial charge in [0, 0.05) is 56.3 Å². The Bertz CT molecular complexity index is 1960. The van der Waals surface area contributed by atoms with E-state index in [-0.39, 0.29) is 93.5 Å². The molecule has 1 aliphatic carbocycles. The summed E-state index contributed by atoms with van der Waals surface area (Å²) in [5, 5.41) is 15.4. The molecule has 1 heterocycles. The third-order valence-corrected chi connectivity index (χ3v) is 12.2. The van der Waals surface area contributed by atoms with Gasteiger partial charge in [-0.1, -0.05) is 80.9 Å². The molecule has 4 amide bonds. The molecule has 15 heteroatoms. The Morgan fingerprint density at radius 2 is 1.39 bits per heavy atom. The normalized spacial score (nSPS) is 16.8. The van der Waals surface area contributed by atoms with Crippen molar-refractivity contribution >= 4 is 41.5 Å². The molecular formula is C51H75N5O10. The number of aliphatic carboxylic acids is 1. The Labute approximate surface area is 391 Å². The number of ketones is 2. The zero-order valence-corrected chi connectivity index (χ0v) is 40.5. The van der Waals surface area contributed by atoms with Crippen molar-refractivity contribution in [1.29, 1.82) is 0 Å². The minimum Gasteiger partial charge on any atom is -0.480 e. The van der Waals surface area contributed by atoms with Crippen LogP contribution < -0.4 is 16.4 Å². The van der Waals surface area contributed by atoms with Crippen LogP contribution in [0.2, 0.25) is 0 Å². The standard InChI is InChI=1S/C51H75N5O10/c1-35(2)29-41(42(58)32-37(19-15-16-26-53-46(63)65-48(3,4)5)44(60)55-27-24-51(52,25-28-55)45(61)62)54-43(59)38(30-36-17-11-9-12-18-36)31-40(57)33-56(47(64)66-49(6,7)8)34-50(22-23-50)39-20-13-10-14-21-39/h9-14,17-18,20-21,35,37-38,41H,15-16,19,22-34,52H2,1-8H3,(H,53,63)(H,54,59)(H,61,62)/t37-,38-,41+/m0/s1. The Balaban J connectivity index is 1.53. The van der Waals surface area contributed by atoms with Crippen molar-refractivity contribution in [3.63, 3.8) is 0 Å². The van der Waals surface area contributed by atoms with Gasteiger partial charge in [-0.15, -0.1) is 0 Å². The molecule has 2 fully saturated rings. The molecule has 0 radical (unpaired) electrons. The second-order valence-corrected chi connectivity index (χ2v) is 20.9. The van der Waals surface area contributed by atoms with E-state index in [9.17, 15) is 38.7 Å². The topological polar surface area (TPSA) is 215 Å². The first-order chi connectivity index (χ1) is 30.9. The number of ether oxygens (including phenoxy) is 2. The van der Waals surface area contributed by atoms with Gasteiger partial charge in [0.2, 0.25) is 11.8 Å². The number of hydrogen-bond donors (Lipinski definition) is 4. The number of Topliss-reactive ketones (excluding diaryl/α,β-unsaturated/α-hetero) is 2. The quantitative estimate of drug-likeness (QED) is 0.0835. The summed E-state index contributed by atoms with van der Waals surface area (Å²) in [6.45, 7) is 15.0. The van der Waals surface area contributed by atoms with E-state index >= 15 is 0 Å². The summed E-state index contributed by atoms with van der Waals surface area (Å²) in [7, 11) is 0. The van der Waals surface area contributed by atoms with Crippen molar-refractivity contribution in [2.45, 2.75) is 154 Å². The first-order valence-corrected chi connectivity index (χ1v) is 23.6. The molecule has 0 bridgehead atoms. The van der Waals surface area contributed by atoms with E-state index in [2.05, 4.69) is 10.6 Å². The van der Waals surface area contributed by atoms with Gasteiger partial charge in [0.05, 0.1) is 12.6 Å². The molecule has 0 unspecified atom stereocenters. The fraction of sp³-hybridized carbons (Fsp3) is 0.627. The van der Waals surface area contributed by atoms with Crippen molar-refractivity contribution in [2.75, 3.05) is 32.7 Å². The summed E-state index contributed by atoms with van der Waals surface area (Å²) < 4.78 is 11.1. The summed E-state index contributed by atoms with van der Waals surface area (Å²) in [6, 6.07) is 18.2. The number of carbonyl (C=O) groups excluding carboxylic acids is 6. The molecule has 0 spiro atoms. The van der Waals surface area contributed by atoms with Crippen LogP contribution in [0, 0.1) is 17.8 Å². The molecule has 3 atom stereocenters. The number of nitrogens with two attached hydrogens (primary N) is 1. The lowest BCUT2D eigenvalue weighted by molar-refractivity contribution is -0.149. The molecule has 0 aromatic heterocycles. The second kappa shape index (κ2) is 23.4. The molecule has 364 valence electrons. The number of benzene rings is 2. The van der Waals surface area contributed by atoms with Gasteiger partial charge in [-0.25, -0.2) is 9.59 Å². The van der Waals surface area contributed by atoms with Crippen LogP contribution in [-0.2, 0) is 45.3 Å². The lowest BCUT2D eigenvalue weighted by atomic mass is 9.86. The molecule has 66 heavy (non-hydrogen) atoms. The Kier molecular flexibility index (Phi) is 18.9. The number of nitrogens with one attached hydrogen (secondary N) is 2. The summed E-state index contributed by atoms with van der Waals surface area (Å²) in [6.07, 6.45) is 2.04. The van der Waals surface area contributed by atoms with E-state index in [1.165, 1.54) is 4.90 Å². The minimum atomic E-state index is -1.45. The van der Waals surface area contributed by atoms with Gasteiger partial charge in [0.15, 0.2) is 11.6 Å². The van der Waals surface area contributed by atoms with Crippen LogP contribution in [0.15, 0.2) is 60.7 Å². The summed E-state index contributed by atoms with van der Waals surface area (Å²) >= 11 is 0. The van der Waals surface area contributed by atoms with Crippen LogP contribution >= 0.6 is 0 Å². The SMILES string of the molecule is CC(C)C[C@@H](NC(=O)[C@H](CC(=O)CN(CC1(c2ccccc2)CC1)C(=O)OC(C)(C)C)Cc1ccccc1)C(=O)C[C@H](CCCCNC(=O)OC(C)(C)C)C(=O)N1CCC(N)(C(=O)O)CC1. The van der Waals surface area contributed by atoms with Crippen LogP contribution in [0.25, 0.3) is 0 Å². The fourth-order valence-electron chi connectivity index (χ4n) is 8.41. The highest BCUT2D eigenvalue weighted by Crippen LogP contribution is 2.49. The zero-order valence-electron chi connectivity index (χ0n) is 40.5. The molecular weight excluding hydrogens is 843 g/mol. The first kappa shape index (κ1) is 53.3. The average molecular weight is 918 g/mol. The molecule has 4 rings (SSSR count). The highest BCUT2D eigenvalue weighted by Gasteiger charge is 2.47. The van der Waals surface area contributed by atoms with Crippen molar-refractivity contribution in [3.05, 3.63) is 71.8 Å². The van der Waals surface area contributed by atoms with E-state index in [0.29, 0.717) is 25.8 Å². The minimum absolute atomic E-state index is 0.0286. The molecule has 1 saturated carbocycles. The van der Waals surface area contributed by atoms with Crippen LogP contribution in [0.4, 0.5) is 9.59 Å². The molecule has 2 aromatic carbocycles. The van der Waals surface area contributed by atoms with Crippen LogP contribution in [0.1, 0.15) is 131 Å². The third-order valence-electron chi connectivity index (χ3n) is 12.2. The molecule has 2 aromatic rings. The van der Waals surface area contributed by atoms with Gasteiger partial charge in [0.25, 0.3) is 0 Å². The molecule has 1 aliphatic heterocycles. The number of amides is 4. The number of carboxylic acid groups (broad SMARTS) is 1. The monoisotopic (exact) mass is 918 g/mol. The van der Waals surface area contributed by atoms with Gasteiger partial charge in [-0.05, 0) is 110 Å². The van der Waals surface area contributed by atoms with E-state index in [0.717, 1.165) is 24.0 Å². The number of alkyl carbamates (subject to hydrolysis) is 1. The average Bonchev–Trinajstić information content (AvgIpc) is 4.02. The maximum Gasteiger partial charge on any atom is 0.410 e. The van der Waals surface area contributed by atoms with Crippen molar-refractivity contribution in [2.24, 2.45) is 23.5 Å². The van der Waals surface area contributed by atoms with Crippen molar-refractivity contribution in [3.8, 4) is 0 Å². The Morgan fingerprint density at radius 3 is 1.94 bits per heavy atom. The molecule has 2 aliphatic rings. The lowest BCUT2D eigenvalue weighted by Crippen LogP contribution is -2.57. The van der Waals surface area contributed by atoms with E-state index in [1.807, 2.05) is 74.5 Å². The van der Waals surface area contributed by atoms with E-state index in [4.69, 9.17) is 15.2 Å². The second-order valence-electron chi connectivity index (χ2n) is 20.9. The number of likely N-dealkylation sites (tertiary alicyclic amines) is 1. The number of hydrogen-bond acceptors (Lipinski definition) is 10. The summed E-state index contributed by atoms with van der Waals surface area (Å²) in [5.41, 5.74) is 4.80. The number of rotatable bonds is 23. The number of nitrogens with zero attached hydrogens (tertiary/aromatic N) is 2. The van der Waals surface area contributed by atoms with Crippen LogP contribution in [0.5, 0.6) is 0 Å². The van der Waals surface area contributed by atoms with Crippen molar-refractivity contribution < 1.29 is 48.1 Å². The molecule has 5 N–H and O–H groups in total. The Morgan fingerprint density at radius 1 is 0.803 bits per heavy atom. The Hall–Kier alpha value is -5.31. The third kappa shape index (κ3) is 17.2. The zero-order chi connectivity index (χ0) is 48.9. The van der Waals surface area contributed by atoms with Gasteiger partial charge in [-0.3, -0.25) is 28.9 Å². The maximum atomic E-state index is 14.5. The predicted molar refractivity (Wildman–Crippen MR) is 251 cm³/mol. The molecule has 15 nitrogen and oxygen atoms in total. The van der Waals surface area contributed by atoms with E-state index < -0.39 is 58.7 Å². The fourth-order valence-corrected chi connectivity index (χ4v) is 8.41.